The average Bonchev–Trinajstić information content (AvgIpc) is 3.07. The van der Waals surface area contributed by atoms with E-state index in [1.165, 1.54) is 12.4 Å². The van der Waals surface area contributed by atoms with Gasteiger partial charge in [0.05, 0.1) is 0 Å². The molecule has 1 aliphatic heterocycles. The molecular weight excluding hydrogens is 408 g/mol. The molecule has 0 saturated carbocycles. The summed E-state index contributed by atoms with van der Waals surface area (Å²) >= 11 is 3.17. The Morgan fingerprint density at radius 2 is 2.19 bits per heavy atom. The maximum atomic E-state index is 12.4. The molecule has 0 aromatic carbocycles. The highest BCUT2D eigenvalue weighted by atomic mass is 79.9. The fourth-order valence-corrected chi connectivity index (χ4v) is 3.29. The maximum Gasteiger partial charge on any atom is 0.387 e. The van der Waals surface area contributed by atoms with Crippen molar-refractivity contribution in [2.75, 3.05) is 0 Å². The summed E-state index contributed by atoms with van der Waals surface area (Å²) in [5.41, 5.74) is 8.94. The number of halogens is 3. The third-order valence-corrected chi connectivity index (χ3v) is 4.82. The number of alkyl halides is 2. The predicted molar refractivity (Wildman–Crippen MR) is 96.5 cm³/mol. The SMILES string of the molecule is CC1=CCC(C)c2ncnn2C(N)=C1Cc1ccc(OC(F)F)c(Br)n1. The van der Waals surface area contributed by atoms with E-state index in [4.69, 9.17) is 5.73 Å². The number of ether oxygens (including phenoxy) is 1. The maximum absolute atomic E-state index is 12.4. The molecule has 138 valence electrons. The molecule has 0 aliphatic carbocycles. The summed E-state index contributed by atoms with van der Waals surface area (Å²) in [5.74, 6) is 1.48. The molecule has 0 fully saturated rings. The van der Waals surface area contributed by atoms with Gasteiger partial charge in [0.25, 0.3) is 0 Å². The number of hydrogen-bond donors (Lipinski definition) is 1. The van der Waals surface area contributed by atoms with Crippen LogP contribution in [0.15, 0.2) is 40.3 Å². The molecule has 0 saturated heterocycles. The molecule has 3 rings (SSSR count). The molecule has 0 spiro atoms. The number of nitrogens with zero attached hydrogens (tertiary/aromatic N) is 4. The van der Waals surface area contributed by atoms with Crippen molar-refractivity contribution in [1.29, 1.82) is 0 Å². The minimum absolute atomic E-state index is 0.0111. The molecule has 2 N–H and O–H groups in total. The number of nitrogens with two attached hydrogens (primary N) is 1. The van der Waals surface area contributed by atoms with Gasteiger partial charge in [-0.15, -0.1) is 0 Å². The highest BCUT2D eigenvalue weighted by molar-refractivity contribution is 9.10. The minimum atomic E-state index is -2.90. The zero-order valence-corrected chi connectivity index (χ0v) is 15.9. The molecule has 3 heterocycles. The van der Waals surface area contributed by atoms with E-state index in [1.807, 2.05) is 6.92 Å². The zero-order chi connectivity index (χ0) is 18.8. The molecule has 26 heavy (non-hydrogen) atoms. The van der Waals surface area contributed by atoms with Gasteiger partial charge in [-0.3, -0.25) is 0 Å². The second kappa shape index (κ2) is 7.53. The van der Waals surface area contributed by atoms with Crippen LogP contribution in [0.1, 0.15) is 37.7 Å². The van der Waals surface area contributed by atoms with E-state index in [1.54, 1.807) is 10.7 Å². The molecule has 9 heteroatoms. The summed E-state index contributed by atoms with van der Waals surface area (Å²) < 4.78 is 31.0. The Balaban J connectivity index is 1.97. The lowest BCUT2D eigenvalue weighted by molar-refractivity contribution is -0.0506. The second-order valence-electron chi connectivity index (χ2n) is 6.06. The molecule has 0 amide bonds. The number of pyridine rings is 1. The summed E-state index contributed by atoms with van der Waals surface area (Å²) in [5, 5.41) is 4.24. The lowest BCUT2D eigenvalue weighted by atomic mass is 9.96. The molecule has 2 aromatic rings. The lowest BCUT2D eigenvalue weighted by Crippen LogP contribution is -2.19. The third kappa shape index (κ3) is 3.77. The third-order valence-electron chi connectivity index (χ3n) is 4.25. The number of fused-ring (bicyclic) bond motifs is 1. The van der Waals surface area contributed by atoms with Crippen LogP contribution in [-0.2, 0) is 6.42 Å². The number of rotatable bonds is 4. The summed E-state index contributed by atoms with van der Waals surface area (Å²) in [6.07, 6.45) is 4.85. The highest BCUT2D eigenvalue weighted by Gasteiger charge is 2.21. The van der Waals surface area contributed by atoms with E-state index in [-0.39, 0.29) is 16.3 Å². The van der Waals surface area contributed by atoms with Gasteiger partial charge in [0.15, 0.2) is 5.75 Å². The summed E-state index contributed by atoms with van der Waals surface area (Å²) in [4.78, 5) is 8.61. The fraction of sp³-hybridized carbons (Fsp3) is 0.353. The van der Waals surface area contributed by atoms with Crippen LogP contribution < -0.4 is 10.5 Å². The standard InChI is InChI=1S/C17H18BrF2N5O/c1-9-3-4-10(2)16-22-8-23-25(16)15(21)12(9)7-11-5-6-13(14(18)24-11)26-17(19)20/h3,5-6,8,10,17H,4,7,21H2,1-2H3. The van der Waals surface area contributed by atoms with Crippen molar-refractivity contribution in [3.05, 3.63) is 51.8 Å². The van der Waals surface area contributed by atoms with Crippen LogP contribution in [0.5, 0.6) is 5.75 Å². The Kier molecular flexibility index (Phi) is 5.36. The van der Waals surface area contributed by atoms with Gasteiger partial charge in [0, 0.05) is 23.6 Å². The molecule has 2 aromatic heterocycles. The Morgan fingerprint density at radius 1 is 1.42 bits per heavy atom. The first kappa shape index (κ1) is 18.5. The van der Waals surface area contributed by atoms with Crippen LogP contribution in [0, 0.1) is 0 Å². The van der Waals surface area contributed by atoms with Gasteiger partial charge >= 0.3 is 6.61 Å². The van der Waals surface area contributed by atoms with Crippen molar-refractivity contribution in [1.82, 2.24) is 19.7 Å². The minimum Gasteiger partial charge on any atom is -0.432 e. The highest BCUT2D eigenvalue weighted by Crippen LogP contribution is 2.30. The topological polar surface area (TPSA) is 78.9 Å². The average molecular weight is 426 g/mol. The van der Waals surface area contributed by atoms with Gasteiger partial charge in [0.1, 0.15) is 22.6 Å². The van der Waals surface area contributed by atoms with Crippen molar-refractivity contribution in [2.24, 2.45) is 5.73 Å². The van der Waals surface area contributed by atoms with Gasteiger partial charge in [-0.25, -0.2) is 14.6 Å². The Hall–Kier alpha value is -2.29. The second-order valence-corrected chi connectivity index (χ2v) is 6.82. The first-order chi connectivity index (χ1) is 12.4. The quantitative estimate of drug-likeness (QED) is 0.752. The number of hydrogen-bond acceptors (Lipinski definition) is 5. The predicted octanol–water partition coefficient (Wildman–Crippen LogP) is 3.86. The smallest absolute Gasteiger partial charge is 0.387 e. The van der Waals surface area contributed by atoms with E-state index >= 15 is 0 Å². The van der Waals surface area contributed by atoms with Crippen LogP contribution in [0.3, 0.4) is 0 Å². The Morgan fingerprint density at radius 3 is 2.88 bits per heavy atom. The Bertz CT molecular complexity index is 878. The van der Waals surface area contributed by atoms with Gasteiger partial charge in [-0.05, 0) is 47.0 Å². The van der Waals surface area contributed by atoms with E-state index in [0.29, 0.717) is 17.9 Å². The molecule has 1 aliphatic rings. The van der Waals surface area contributed by atoms with E-state index in [2.05, 4.69) is 48.7 Å². The van der Waals surface area contributed by atoms with Crippen LogP contribution in [0.4, 0.5) is 8.78 Å². The molecule has 1 atom stereocenters. The summed E-state index contributed by atoms with van der Waals surface area (Å²) in [6, 6.07) is 3.10. The van der Waals surface area contributed by atoms with Crippen molar-refractivity contribution >= 4 is 21.8 Å². The van der Waals surface area contributed by atoms with Crippen molar-refractivity contribution < 1.29 is 13.5 Å². The van der Waals surface area contributed by atoms with Crippen LogP contribution in [0.2, 0.25) is 0 Å². The molecule has 6 nitrogen and oxygen atoms in total. The Labute approximate surface area is 157 Å². The molecule has 0 bridgehead atoms. The van der Waals surface area contributed by atoms with E-state index in [9.17, 15) is 8.78 Å². The van der Waals surface area contributed by atoms with Crippen LogP contribution in [0.25, 0.3) is 5.82 Å². The van der Waals surface area contributed by atoms with Crippen molar-refractivity contribution in [3.8, 4) is 5.75 Å². The first-order valence-corrected chi connectivity index (χ1v) is 8.82. The van der Waals surface area contributed by atoms with E-state index in [0.717, 1.165) is 23.4 Å². The first-order valence-electron chi connectivity index (χ1n) is 8.03. The van der Waals surface area contributed by atoms with Crippen LogP contribution in [-0.4, -0.2) is 26.4 Å². The van der Waals surface area contributed by atoms with Gasteiger partial charge in [-0.1, -0.05) is 13.0 Å². The summed E-state index contributed by atoms with van der Waals surface area (Å²) in [7, 11) is 0. The van der Waals surface area contributed by atoms with Crippen LogP contribution >= 0.6 is 15.9 Å². The number of aromatic nitrogens is 4. The summed E-state index contributed by atoms with van der Waals surface area (Å²) in [6.45, 7) is 1.16. The van der Waals surface area contributed by atoms with E-state index < -0.39 is 6.61 Å². The fourth-order valence-electron chi connectivity index (χ4n) is 2.84. The molecular formula is C17H18BrF2N5O. The van der Waals surface area contributed by atoms with Gasteiger partial charge in [0.2, 0.25) is 0 Å². The molecule has 1 unspecified atom stereocenters. The number of allylic oxidation sites excluding steroid dienone is 3. The molecule has 0 radical (unpaired) electrons. The largest absolute Gasteiger partial charge is 0.432 e. The lowest BCUT2D eigenvalue weighted by Gasteiger charge is -2.19. The normalized spacial score (nSPS) is 17.6. The van der Waals surface area contributed by atoms with Crippen molar-refractivity contribution in [3.63, 3.8) is 0 Å². The zero-order valence-electron chi connectivity index (χ0n) is 14.3. The monoisotopic (exact) mass is 425 g/mol. The van der Waals surface area contributed by atoms with Crippen molar-refractivity contribution in [2.45, 2.75) is 39.2 Å². The van der Waals surface area contributed by atoms with Gasteiger partial charge in [-0.2, -0.15) is 13.9 Å². The van der Waals surface area contributed by atoms with Gasteiger partial charge < -0.3 is 10.5 Å².